The van der Waals surface area contributed by atoms with Gasteiger partial charge in [0, 0.05) is 41.8 Å². The molecule has 1 nitrogen and oxygen atoms in total. The third kappa shape index (κ3) is 2.03. The van der Waals surface area contributed by atoms with Gasteiger partial charge in [0.1, 0.15) is 0 Å². The first-order valence-corrected chi connectivity index (χ1v) is 11.8. The molecule has 0 radical (unpaired) electrons. The van der Waals surface area contributed by atoms with Crippen LogP contribution in [0.4, 0.5) is 0 Å². The fourth-order valence-corrected chi connectivity index (χ4v) is 6.92. The molecular formula is C30H17NS. The summed E-state index contributed by atoms with van der Waals surface area (Å²) in [5, 5.41) is 13.2. The molecule has 2 heteroatoms. The predicted octanol–water partition coefficient (Wildman–Crippen LogP) is 9.15. The number of aromatic amines is 1. The summed E-state index contributed by atoms with van der Waals surface area (Å²) in [5.74, 6) is 0. The minimum atomic E-state index is 1.21. The fraction of sp³-hybridized carbons (Fsp3) is 0. The number of rotatable bonds is 0. The van der Waals surface area contributed by atoms with Crippen molar-refractivity contribution in [1.29, 1.82) is 0 Å². The SMILES string of the molecule is c1ccc2cc3c(cc2c1)[nH]c1c2ccccc2c2c4ccc5ccccc5c4sc2c31. The second kappa shape index (κ2) is 5.87. The van der Waals surface area contributed by atoms with E-state index in [1.807, 2.05) is 11.3 Å². The molecule has 6 aromatic carbocycles. The second-order valence-corrected chi connectivity index (χ2v) is 9.66. The Kier molecular flexibility index (Phi) is 3.08. The van der Waals surface area contributed by atoms with Crippen molar-refractivity contribution in [3.8, 4) is 0 Å². The number of benzene rings is 6. The van der Waals surface area contributed by atoms with Gasteiger partial charge in [-0.1, -0.05) is 84.9 Å². The van der Waals surface area contributed by atoms with Crippen molar-refractivity contribution in [2.45, 2.75) is 0 Å². The molecule has 8 rings (SSSR count). The van der Waals surface area contributed by atoms with Crippen LogP contribution in [0.3, 0.4) is 0 Å². The maximum Gasteiger partial charge on any atom is 0.0559 e. The van der Waals surface area contributed by atoms with Gasteiger partial charge in [-0.2, -0.15) is 0 Å². The van der Waals surface area contributed by atoms with Crippen LogP contribution in [-0.2, 0) is 0 Å². The van der Waals surface area contributed by atoms with E-state index in [-0.39, 0.29) is 0 Å². The molecule has 2 aromatic heterocycles. The number of fused-ring (bicyclic) bond motifs is 13. The van der Waals surface area contributed by atoms with Crippen LogP contribution in [0.25, 0.3) is 74.3 Å². The standard InChI is InChI=1S/C30H17NS/c1-2-9-19-16-25-24(15-18(19)8-1)27-28(31-25)22-12-6-5-11-21(22)26-23-14-13-17-7-3-4-10-20(17)29(23)32-30(26)27/h1-16,31H. The first-order valence-electron chi connectivity index (χ1n) is 11.0. The minimum Gasteiger partial charge on any atom is -0.354 e. The average molecular weight is 424 g/mol. The highest BCUT2D eigenvalue weighted by molar-refractivity contribution is 7.28. The number of hydrogen-bond donors (Lipinski definition) is 1. The lowest BCUT2D eigenvalue weighted by atomic mass is 9.98. The monoisotopic (exact) mass is 423 g/mol. The zero-order valence-electron chi connectivity index (χ0n) is 17.1. The van der Waals surface area contributed by atoms with Crippen molar-refractivity contribution in [1.82, 2.24) is 4.98 Å². The fourth-order valence-electron chi connectivity index (χ4n) is 5.51. The van der Waals surface area contributed by atoms with Crippen molar-refractivity contribution in [2.24, 2.45) is 0 Å². The van der Waals surface area contributed by atoms with E-state index < -0.39 is 0 Å². The quantitative estimate of drug-likeness (QED) is 0.250. The molecule has 0 aliphatic carbocycles. The molecule has 0 bridgehead atoms. The Morgan fingerprint density at radius 2 is 1.16 bits per heavy atom. The molecule has 0 aliphatic rings. The smallest absolute Gasteiger partial charge is 0.0559 e. The van der Waals surface area contributed by atoms with Crippen LogP contribution in [0.1, 0.15) is 0 Å². The van der Waals surface area contributed by atoms with Crippen LogP contribution in [-0.4, -0.2) is 4.98 Å². The summed E-state index contributed by atoms with van der Waals surface area (Å²) in [6, 6.07) is 35.5. The Hall–Kier alpha value is -3.88. The average Bonchev–Trinajstić information content (AvgIpc) is 3.41. The van der Waals surface area contributed by atoms with Crippen LogP contribution in [0.5, 0.6) is 0 Å². The summed E-state index contributed by atoms with van der Waals surface area (Å²) in [6.07, 6.45) is 0. The second-order valence-electron chi connectivity index (χ2n) is 8.64. The van der Waals surface area contributed by atoms with E-state index in [1.54, 1.807) is 0 Å². The van der Waals surface area contributed by atoms with Crippen molar-refractivity contribution < 1.29 is 0 Å². The lowest BCUT2D eigenvalue weighted by molar-refractivity contribution is 1.57. The zero-order chi connectivity index (χ0) is 20.8. The van der Waals surface area contributed by atoms with E-state index in [2.05, 4.69) is 102 Å². The van der Waals surface area contributed by atoms with Gasteiger partial charge in [0.25, 0.3) is 0 Å². The summed E-state index contributed by atoms with van der Waals surface area (Å²) in [6.45, 7) is 0. The molecule has 0 spiro atoms. The minimum absolute atomic E-state index is 1.21. The lowest BCUT2D eigenvalue weighted by Gasteiger charge is -2.04. The van der Waals surface area contributed by atoms with Crippen molar-refractivity contribution in [2.75, 3.05) is 0 Å². The molecule has 2 heterocycles. The molecule has 0 saturated heterocycles. The molecule has 0 aliphatic heterocycles. The van der Waals surface area contributed by atoms with Crippen LogP contribution in [0, 0.1) is 0 Å². The summed E-state index contributed by atoms with van der Waals surface area (Å²) < 4.78 is 2.76. The molecule has 0 atom stereocenters. The van der Waals surface area contributed by atoms with Gasteiger partial charge in [-0.3, -0.25) is 0 Å². The van der Waals surface area contributed by atoms with Gasteiger partial charge in [-0.05, 0) is 39.1 Å². The maximum atomic E-state index is 3.79. The van der Waals surface area contributed by atoms with Crippen LogP contribution in [0.2, 0.25) is 0 Å². The molecule has 32 heavy (non-hydrogen) atoms. The normalized spacial score (nSPS) is 12.4. The topological polar surface area (TPSA) is 15.8 Å². The summed E-state index contributed by atoms with van der Waals surface area (Å²) >= 11 is 1.94. The van der Waals surface area contributed by atoms with E-state index in [4.69, 9.17) is 0 Å². The molecule has 148 valence electrons. The van der Waals surface area contributed by atoms with E-state index in [0.717, 1.165) is 0 Å². The molecular weight excluding hydrogens is 406 g/mol. The Morgan fingerprint density at radius 3 is 2.00 bits per heavy atom. The van der Waals surface area contributed by atoms with Crippen molar-refractivity contribution >= 4 is 85.6 Å². The Bertz CT molecular complexity index is 2040. The van der Waals surface area contributed by atoms with Gasteiger partial charge >= 0.3 is 0 Å². The highest BCUT2D eigenvalue weighted by Gasteiger charge is 2.19. The third-order valence-electron chi connectivity index (χ3n) is 6.94. The van der Waals surface area contributed by atoms with E-state index in [0.29, 0.717) is 0 Å². The van der Waals surface area contributed by atoms with Crippen molar-refractivity contribution in [3.05, 3.63) is 97.1 Å². The predicted molar refractivity (Wildman–Crippen MR) is 141 cm³/mol. The van der Waals surface area contributed by atoms with E-state index in [9.17, 15) is 0 Å². The third-order valence-corrected chi connectivity index (χ3v) is 8.19. The number of nitrogens with one attached hydrogen (secondary N) is 1. The van der Waals surface area contributed by atoms with E-state index >= 15 is 0 Å². The zero-order valence-corrected chi connectivity index (χ0v) is 18.0. The van der Waals surface area contributed by atoms with Gasteiger partial charge in [0.2, 0.25) is 0 Å². The van der Waals surface area contributed by atoms with Crippen LogP contribution >= 0.6 is 11.3 Å². The Balaban J connectivity index is 1.72. The highest BCUT2D eigenvalue weighted by Crippen LogP contribution is 2.48. The Labute approximate surface area is 187 Å². The summed E-state index contributed by atoms with van der Waals surface area (Å²) in [7, 11) is 0. The molecule has 0 amide bonds. The van der Waals surface area contributed by atoms with Crippen LogP contribution in [0.15, 0.2) is 97.1 Å². The molecule has 1 N–H and O–H groups in total. The van der Waals surface area contributed by atoms with Crippen LogP contribution < -0.4 is 0 Å². The lowest BCUT2D eigenvalue weighted by Crippen LogP contribution is -1.78. The molecule has 8 aromatic rings. The van der Waals surface area contributed by atoms with Gasteiger partial charge in [0.05, 0.1) is 5.52 Å². The Morgan fingerprint density at radius 1 is 0.469 bits per heavy atom. The van der Waals surface area contributed by atoms with Gasteiger partial charge < -0.3 is 4.98 Å². The van der Waals surface area contributed by atoms with E-state index in [1.165, 1.54) is 74.3 Å². The summed E-state index contributed by atoms with van der Waals surface area (Å²) in [4.78, 5) is 3.79. The van der Waals surface area contributed by atoms with Gasteiger partial charge in [-0.25, -0.2) is 0 Å². The number of hydrogen-bond acceptors (Lipinski definition) is 1. The molecule has 0 saturated carbocycles. The first-order chi connectivity index (χ1) is 15.9. The number of aromatic nitrogens is 1. The maximum absolute atomic E-state index is 3.79. The summed E-state index contributed by atoms with van der Waals surface area (Å²) in [5.41, 5.74) is 2.45. The van der Waals surface area contributed by atoms with Gasteiger partial charge in [-0.15, -0.1) is 11.3 Å². The number of H-pyrrole nitrogens is 1. The first kappa shape index (κ1) is 16.8. The molecule has 0 fully saturated rings. The molecule has 0 unspecified atom stereocenters. The van der Waals surface area contributed by atoms with Crippen molar-refractivity contribution in [3.63, 3.8) is 0 Å². The van der Waals surface area contributed by atoms with Gasteiger partial charge in [0.15, 0.2) is 0 Å². The highest BCUT2D eigenvalue weighted by atomic mass is 32.1. The largest absolute Gasteiger partial charge is 0.354 e. The number of thiophene rings is 1.